The van der Waals surface area contributed by atoms with Crippen LogP contribution in [0.4, 0.5) is 0 Å². The fourth-order valence-electron chi connectivity index (χ4n) is 0.690. The molecule has 1 aromatic carbocycles. The third kappa shape index (κ3) is 2.94. The van der Waals surface area contributed by atoms with E-state index < -0.39 is 0 Å². The first-order valence-corrected chi connectivity index (χ1v) is 3.09. The molecule has 1 aromatic rings. The first kappa shape index (κ1) is 10.3. The van der Waals surface area contributed by atoms with Crippen molar-refractivity contribution in [3.63, 3.8) is 0 Å². The zero-order valence-electron chi connectivity index (χ0n) is 6.22. The molecule has 0 spiro atoms. The van der Waals surface area contributed by atoms with E-state index in [0.29, 0.717) is 0 Å². The van der Waals surface area contributed by atoms with Crippen LogP contribution >= 0.6 is 0 Å². The predicted molar refractivity (Wildman–Crippen MR) is 39.1 cm³/mol. The Morgan fingerprint density at radius 3 is 2.60 bits per heavy atom. The number of rotatable bonds is 1. The molecule has 1 heteroatoms. The van der Waals surface area contributed by atoms with Gasteiger partial charge in [-0.3, -0.25) is 0 Å². The first-order chi connectivity index (χ1) is 4.33. The molecule has 0 amide bonds. The zero-order chi connectivity index (χ0) is 6.69. The molecule has 0 bridgehead atoms. The summed E-state index contributed by atoms with van der Waals surface area (Å²) >= 11 is 0. The molecular weight excluding hydrogens is 197 g/mol. The van der Waals surface area contributed by atoms with Gasteiger partial charge in [0, 0.05) is 32.7 Å². The van der Waals surface area contributed by atoms with Gasteiger partial charge in [-0.1, -0.05) is 6.92 Å². The third-order valence-corrected chi connectivity index (χ3v) is 1.30. The Bertz CT molecular complexity index is 176. The maximum Gasteiger partial charge on any atom is 0 e. The summed E-state index contributed by atoms with van der Waals surface area (Å²) in [5.74, 6) is 0. The molecule has 51 valence electrons. The van der Waals surface area contributed by atoms with E-state index in [4.69, 9.17) is 0 Å². The second-order valence-electron chi connectivity index (χ2n) is 2.14. The average Bonchev–Trinajstić information content (AvgIpc) is 1.90. The van der Waals surface area contributed by atoms with Crippen molar-refractivity contribution in [1.29, 1.82) is 0 Å². The molecule has 1 radical (unpaired) electrons. The van der Waals surface area contributed by atoms with E-state index in [1.54, 1.807) is 0 Å². The second-order valence-corrected chi connectivity index (χ2v) is 2.14. The molecule has 0 nitrogen and oxygen atoms in total. The minimum atomic E-state index is 0. The van der Waals surface area contributed by atoms with E-state index in [0.717, 1.165) is 6.42 Å². The van der Waals surface area contributed by atoms with Crippen LogP contribution in [0.25, 0.3) is 0 Å². The fraction of sp³-hybridized carbons (Fsp3) is 0.222. The van der Waals surface area contributed by atoms with Crippen molar-refractivity contribution in [3.05, 3.63) is 42.3 Å². The van der Waals surface area contributed by atoms with Crippen molar-refractivity contribution in [2.75, 3.05) is 0 Å². The summed E-state index contributed by atoms with van der Waals surface area (Å²) in [6.45, 7) is 5.81. The monoisotopic (exact) mass is 207 g/mol. The minimum absolute atomic E-state index is 0. The predicted octanol–water partition coefficient (Wildman–Crippen LogP) is 2.17. The Kier molecular flexibility index (Phi) is 5.20. The number of hydrogen-bond donors (Lipinski definition) is 0. The van der Waals surface area contributed by atoms with Gasteiger partial charge in [-0.2, -0.15) is 41.8 Å². The minimum Gasteiger partial charge on any atom is -0.341 e. The van der Waals surface area contributed by atoms with E-state index in [2.05, 4.69) is 32.0 Å². The summed E-state index contributed by atoms with van der Waals surface area (Å²) in [5, 5.41) is 0. The molecule has 0 aromatic heterocycles. The van der Waals surface area contributed by atoms with E-state index in [-0.39, 0.29) is 32.7 Å². The Morgan fingerprint density at radius 1 is 1.50 bits per heavy atom. The number of benzene rings is 1. The van der Waals surface area contributed by atoms with Gasteiger partial charge in [0.25, 0.3) is 0 Å². The topological polar surface area (TPSA) is 0 Å². The second kappa shape index (κ2) is 5.04. The fourth-order valence-corrected chi connectivity index (χ4v) is 0.690. The summed E-state index contributed by atoms with van der Waals surface area (Å²) in [6, 6.07) is 9.25. The van der Waals surface area contributed by atoms with Crippen LogP contribution < -0.4 is 0 Å². The van der Waals surface area contributed by atoms with Crippen LogP contribution in [0.5, 0.6) is 0 Å². The summed E-state index contributed by atoms with van der Waals surface area (Å²) in [6.07, 6.45) is 0.834. The maximum absolute atomic E-state index is 3.75. The van der Waals surface area contributed by atoms with E-state index in [1.165, 1.54) is 11.1 Å². The zero-order valence-corrected chi connectivity index (χ0v) is 9.06. The van der Waals surface area contributed by atoms with Crippen LogP contribution in [-0.4, -0.2) is 0 Å². The molecule has 0 fully saturated rings. The Hall–Kier alpha value is 0.324. The Morgan fingerprint density at radius 2 is 2.20 bits per heavy atom. The Balaban J connectivity index is 0.000000810. The average molecular weight is 207 g/mol. The third-order valence-electron chi connectivity index (χ3n) is 1.30. The number of hydrogen-bond acceptors (Lipinski definition) is 0. The van der Waals surface area contributed by atoms with Crippen LogP contribution in [0.2, 0.25) is 0 Å². The van der Waals surface area contributed by atoms with Crippen LogP contribution in [0.15, 0.2) is 18.2 Å². The molecule has 0 saturated carbocycles. The smallest absolute Gasteiger partial charge is 0 e. The van der Waals surface area contributed by atoms with Crippen molar-refractivity contribution in [1.82, 2.24) is 0 Å². The molecule has 0 atom stereocenters. The van der Waals surface area contributed by atoms with Gasteiger partial charge in [0.15, 0.2) is 0 Å². The molecule has 0 saturated heterocycles. The van der Waals surface area contributed by atoms with Crippen molar-refractivity contribution in [2.24, 2.45) is 0 Å². The normalized spacial score (nSPS) is 8.60. The van der Waals surface area contributed by atoms with Crippen LogP contribution in [-0.2, 0) is 39.1 Å². The van der Waals surface area contributed by atoms with Gasteiger partial charge in [0.1, 0.15) is 0 Å². The summed E-state index contributed by atoms with van der Waals surface area (Å²) in [4.78, 5) is 0. The Labute approximate surface area is 87.9 Å². The van der Waals surface area contributed by atoms with Crippen molar-refractivity contribution >= 4 is 0 Å². The number of aryl methyl sites for hydroxylation is 1. The quantitative estimate of drug-likeness (QED) is 0.619. The van der Waals surface area contributed by atoms with Crippen LogP contribution in [0.3, 0.4) is 0 Å². The molecular formula is C9H10Y-2. The molecule has 0 aliphatic heterocycles. The van der Waals surface area contributed by atoms with Gasteiger partial charge >= 0.3 is 0 Å². The van der Waals surface area contributed by atoms with E-state index in [9.17, 15) is 0 Å². The van der Waals surface area contributed by atoms with Gasteiger partial charge in [0.05, 0.1) is 0 Å². The van der Waals surface area contributed by atoms with E-state index in [1.807, 2.05) is 6.07 Å². The van der Waals surface area contributed by atoms with Crippen molar-refractivity contribution in [3.8, 4) is 0 Å². The standard InChI is InChI=1S/C9H10.Y/c1-3-9-6-4-8(2)5-7-9;/h4-6H,1,3H2,2H3;/q-2;. The molecule has 0 heterocycles. The van der Waals surface area contributed by atoms with Crippen molar-refractivity contribution in [2.45, 2.75) is 13.3 Å². The van der Waals surface area contributed by atoms with Gasteiger partial charge in [0.2, 0.25) is 0 Å². The van der Waals surface area contributed by atoms with E-state index >= 15 is 0 Å². The summed E-state index contributed by atoms with van der Waals surface area (Å²) in [5.41, 5.74) is 2.44. The van der Waals surface area contributed by atoms with Crippen molar-refractivity contribution < 1.29 is 32.7 Å². The first-order valence-electron chi connectivity index (χ1n) is 3.09. The molecule has 0 aliphatic rings. The maximum atomic E-state index is 3.75. The van der Waals surface area contributed by atoms with Gasteiger partial charge in [-0.15, -0.1) is 0 Å². The van der Waals surface area contributed by atoms with Crippen LogP contribution in [0.1, 0.15) is 11.1 Å². The van der Waals surface area contributed by atoms with Gasteiger partial charge in [-0.05, 0) is 0 Å². The molecule has 1 rings (SSSR count). The molecule has 0 unspecified atom stereocenters. The molecule has 0 aliphatic carbocycles. The van der Waals surface area contributed by atoms with Crippen LogP contribution in [0, 0.1) is 19.9 Å². The SMILES string of the molecule is [CH2-]Cc1[c-]cc(C)cc1.[Y]. The van der Waals surface area contributed by atoms with Gasteiger partial charge in [-0.25, -0.2) is 0 Å². The molecule has 10 heavy (non-hydrogen) atoms. The largest absolute Gasteiger partial charge is 0.341 e. The summed E-state index contributed by atoms with van der Waals surface area (Å²) in [7, 11) is 0. The summed E-state index contributed by atoms with van der Waals surface area (Å²) < 4.78 is 0. The molecule has 0 N–H and O–H groups in total. The van der Waals surface area contributed by atoms with Gasteiger partial charge < -0.3 is 6.92 Å².